The first-order valence-corrected chi connectivity index (χ1v) is 12.5. The van der Waals surface area contributed by atoms with E-state index in [9.17, 15) is 4.79 Å². The number of carbonyl (C=O) groups is 1. The van der Waals surface area contributed by atoms with Crippen LogP contribution in [-0.4, -0.2) is 57.1 Å². The van der Waals surface area contributed by atoms with Gasteiger partial charge in [-0.05, 0) is 57.4 Å². The second kappa shape index (κ2) is 11.8. The van der Waals surface area contributed by atoms with Crippen LogP contribution in [0.2, 0.25) is 0 Å². The minimum Gasteiger partial charge on any atom is -0.475 e. The molecule has 1 aliphatic heterocycles. The molecule has 0 unspecified atom stereocenters. The van der Waals surface area contributed by atoms with Crippen LogP contribution in [0.5, 0.6) is 11.8 Å². The summed E-state index contributed by atoms with van der Waals surface area (Å²) < 4.78 is 11.5. The van der Waals surface area contributed by atoms with Crippen LogP contribution in [0.3, 0.4) is 0 Å². The molecule has 0 radical (unpaired) electrons. The van der Waals surface area contributed by atoms with Crippen molar-refractivity contribution in [3.8, 4) is 17.8 Å². The summed E-state index contributed by atoms with van der Waals surface area (Å²) in [5.41, 5.74) is 2.74. The zero-order chi connectivity index (χ0) is 26.4. The van der Waals surface area contributed by atoms with E-state index in [0.29, 0.717) is 23.9 Å². The van der Waals surface area contributed by atoms with Gasteiger partial charge in [0.1, 0.15) is 11.8 Å². The lowest BCUT2D eigenvalue weighted by molar-refractivity contribution is 0.0936. The Morgan fingerprint density at radius 2 is 1.57 bits per heavy atom. The molecule has 1 aliphatic rings. The average Bonchev–Trinajstić information content (AvgIpc) is 3.33. The number of hydrogen-bond acceptors (Lipinski definition) is 8. The van der Waals surface area contributed by atoms with Crippen LogP contribution in [0.25, 0.3) is 0 Å². The molecule has 9 nitrogen and oxygen atoms in total. The summed E-state index contributed by atoms with van der Waals surface area (Å²) in [5.74, 6) is 0.965. The smallest absolute Gasteiger partial charge is 0.253 e. The number of nitrogens with one attached hydrogen (secondary N) is 1. The minimum absolute atomic E-state index is 0.0290. The molecular formula is C28H32N6O3. The molecule has 1 saturated heterocycles. The Hall–Kier alpha value is -4.03. The number of pyridine rings is 3. The number of likely N-dealkylation sites (tertiary alicyclic amines) is 1. The van der Waals surface area contributed by atoms with Crippen LogP contribution in [0.15, 0.2) is 55.0 Å². The number of aromatic nitrogens is 3. The molecular weight excluding hydrogens is 468 g/mol. The molecule has 0 aromatic carbocycles. The third-order valence-corrected chi connectivity index (χ3v) is 5.92. The lowest BCUT2D eigenvalue weighted by Crippen LogP contribution is -2.38. The molecule has 1 atom stereocenters. The van der Waals surface area contributed by atoms with Gasteiger partial charge in [-0.25, -0.2) is 15.0 Å². The first kappa shape index (κ1) is 26.0. The summed E-state index contributed by atoms with van der Waals surface area (Å²) in [6, 6.07) is 12.8. The van der Waals surface area contributed by atoms with Gasteiger partial charge in [-0.1, -0.05) is 12.1 Å². The maximum Gasteiger partial charge on any atom is 0.253 e. The Labute approximate surface area is 217 Å². The second-order valence-corrected chi connectivity index (χ2v) is 9.59. The molecule has 4 rings (SSSR count). The number of nitrogens with zero attached hydrogens (tertiary/aromatic N) is 5. The number of nitriles is 1. The molecule has 4 heterocycles. The molecule has 3 aromatic rings. The Morgan fingerprint density at radius 3 is 2.03 bits per heavy atom. The van der Waals surface area contributed by atoms with E-state index in [1.54, 1.807) is 12.1 Å². The van der Waals surface area contributed by atoms with Gasteiger partial charge in [-0.3, -0.25) is 9.69 Å². The van der Waals surface area contributed by atoms with E-state index in [2.05, 4.69) is 25.2 Å². The van der Waals surface area contributed by atoms with Gasteiger partial charge in [-0.15, -0.1) is 0 Å². The van der Waals surface area contributed by atoms with Crippen molar-refractivity contribution in [3.63, 3.8) is 0 Å². The van der Waals surface area contributed by atoms with Crippen LogP contribution >= 0.6 is 0 Å². The van der Waals surface area contributed by atoms with Crippen LogP contribution in [0.1, 0.15) is 67.3 Å². The topological polar surface area (TPSA) is 113 Å². The van der Waals surface area contributed by atoms with Crippen molar-refractivity contribution in [3.05, 3.63) is 77.4 Å². The van der Waals surface area contributed by atoms with Crippen LogP contribution in [0.4, 0.5) is 0 Å². The Morgan fingerprint density at radius 1 is 0.946 bits per heavy atom. The zero-order valence-corrected chi connectivity index (χ0v) is 21.6. The zero-order valence-electron chi connectivity index (χ0n) is 21.6. The van der Waals surface area contributed by atoms with Gasteiger partial charge in [0, 0.05) is 49.9 Å². The van der Waals surface area contributed by atoms with Gasteiger partial charge in [-0.2, -0.15) is 5.26 Å². The molecule has 0 spiro atoms. The standard InChI is InChI=1S/C28H32N6O3/c1-18(2)36-25-9-6-20(14-31-25)27(21-7-10-26(32-15-21)37-19(3)4)34-12-11-24(17-34)33-28(35)22-5-8-23(13-29)30-16-22/h5-10,14-16,18-19,24,27H,11-12,17H2,1-4H3,(H,33,35)/t24-/m1/s1. The SMILES string of the molecule is CC(C)Oc1ccc(C(c2ccc(OC(C)C)nc2)N2CC[C@@H](NC(=O)c3ccc(C#N)nc3)C2)cn1. The van der Waals surface area contributed by atoms with E-state index in [1.807, 2.05) is 70.4 Å². The lowest BCUT2D eigenvalue weighted by Gasteiger charge is -2.29. The molecule has 1 fully saturated rings. The van der Waals surface area contributed by atoms with E-state index in [0.717, 1.165) is 24.1 Å². The van der Waals surface area contributed by atoms with E-state index >= 15 is 0 Å². The van der Waals surface area contributed by atoms with Crippen LogP contribution < -0.4 is 14.8 Å². The van der Waals surface area contributed by atoms with E-state index in [-0.39, 0.29) is 35.9 Å². The summed E-state index contributed by atoms with van der Waals surface area (Å²) in [5, 5.41) is 12.0. The van der Waals surface area contributed by atoms with Crippen LogP contribution in [-0.2, 0) is 0 Å². The summed E-state index contributed by atoms with van der Waals surface area (Å²) in [6.45, 7) is 9.33. The van der Waals surface area contributed by atoms with Crippen molar-refractivity contribution >= 4 is 5.91 Å². The highest BCUT2D eigenvalue weighted by Gasteiger charge is 2.32. The van der Waals surface area contributed by atoms with Crippen molar-refractivity contribution < 1.29 is 14.3 Å². The van der Waals surface area contributed by atoms with Crippen molar-refractivity contribution in [2.45, 2.75) is 58.4 Å². The Kier molecular flexibility index (Phi) is 8.31. The highest BCUT2D eigenvalue weighted by atomic mass is 16.5. The third kappa shape index (κ3) is 6.80. The van der Waals surface area contributed by atoms with Crippen molar-refractivity contribution in [2.75, 3.05) is 13.1 Å². The third-order valence-electron chi connectivity index (χ3n) is 5.92. The summed E-state index contributed by atoms with van der Waals surface area (Å²) in [6.07, 6.45) is 6.00. The minimum atomic E-state index is -0.200. The maximum absolute atomic E-state index is 12.8. The fourth-order valence-electron chi connectivity index (χ4n) is 4.35. The van der Waals surface area contributed by atoms with Gasteiger partial charge < -0.3 is 14.8 Å². The normalized spacial score (nSPS) is 15.7. The fourth-order valence-corrected chi connectivity index (χ4v) is 4.35. The highest BCUT2D eigenvalue weighted by Crippen LogP contribution is 2.32. The van der Waals surface area contributed by atoms with Gasteiger partial charge >= 0.3 is 0 Å². The quantitative estimate of drug-likeness (QED) is 0.470. The van der Waals surface area contributed by atoms with Gasteiger partial charge in [0.15, 0.2) is 0 Å². The molecule has 9 heteroatoms. The molecule has 192 valence electrons. The molecule has 37 heavy (non-hydrogen) atoms. The van der Waals surface area contributed by atoms with Gasteiger partial charge in [0.05, 0.1) is 23.8 Å². The second-order valence-electron chi connectivity index (χ2n) is 9.59. The van der Waals surface area contributed by atoms with Crippen molar-refractivity contribution in [1.82, 2.24) is 25.2 Å². The number of amides is 1. The number of carbonyl (C=O) groups excluding carboxylic acids is 1. The predicted molar refractivity (Wildman–Crippen MR) is 138 cm³/mol. The molecule has 3 aromatic heterocycles. The fraction of sp³-hybridized carbons (Fsp3) is 0.393. The predicted octanol–water partition coefficient (Wildman–Crippen LogP) is 3.91. The Balaban J connectivity index is 1.52. The summed E-state index contributed by atoms with van der Waals surface area (Å²) >= 11 is 0. The summed E-state index contributed by atoms with van der Waals surface area (Å²) in [4.78, 5) is 28.1. The molecule has 0 aliphatic carbocycles. The average molecular weight is 501 g/mol. The number of ether oxygens (including phenoxy) is 2. The van der Waals surface area contributed by atoms with E-state index < -0.39 is 0 Å². The highest BCUT2D eigenvalue weighted by molar-refractivity contribution is 5.94. The molecule has 0 saturated carbocycles. The molecule has 0 bridgehead atoms. The molecule has 1 N–H and O–H groups in total. The van der Waals surface area contributed by atoms with Crippen LogP contribution in [0, 0.1) is 11.3 Å². The van der Waals surface area contributed by atoms with Crippen molar-refractivity contribution in [2.24, 2.45) is 0 Å². The summed E-state index contributed by atoms with van der Waals surface area (Å²) in [7, 11) is 0. The van der Waals surface area contributed by atoms with E-state index in [4.69, 9.17) is 14.7 Å². The largest absolute Gasteiger partial charge is 0.475 e. The maximum atomic E-state index is 12.8. The monoisotopic (exact) mass is 500 g/mol. The van der Waals surface area contributed by atoms with E-state index in [1.165, 1.54) is 6.20 Å². The van der Waals surface area contributed by atoms with Gasteiger partial charge in [0.2, 0.25) is 11.8 Å². The van der Waals surface area contributed by atoms with Gasteiger partial charge in [0.25, 0.3) is 5.91 Å². The lowest BCUT2D eigenvalue weighted by atomic mass is 10.0. The molecule has 1 amide bonds. The Bertz CT molecular complexity index is 1170. The number of hydrogen-bond donors (Lipinski definition) is 1. The first-order chi connectivity index (χ1) is 17.8. The number of rotatable bonds is 9. The first-order valence-electron chi connectivity index (χ1n) is 12.5. The van der Waals surface area contributed by atoms with Crippen molar-refractivity contribution in [1.29, 1.82) is 5.26 Å².